The molecule has 1 heterocycles. The Bertz CT molecular complexity index is 995. The Hall–Kier alpha value is -3.41. The second-order valence-corrected chi connectivity index (χ2v) is 7.06. The van der Waals surface area contributed by atoms with E-state index < -0.39 is 5.97 Å². The predicted molar refractivity (Wildman–Crippen MR) is 106 cm³/mol. The van der Waals surface area contributed by atoms with Crippen molar-refractivity contribution in [3.8, 4) is 5.69 Å². The number of rotatable bonds is 7. The van der Waals surface area contributed by atoms with Crippen molar-refractivity contribution in [1.29, 1.82) is 0 Å². The minimum Gasteiger partial charge on any atom is -0.452 e. The second-order valence-electron chi connectivity index (χ2n) is 7.06. The summed E-state index contributed by atoms with van der Waals surface area (Å²) in [4.78, 5) is 26.5. The number of ether oxygens (including phenoxy) is 1. The van der Waals surface area contributed by atoms with Crippen LogP contribution in [-0.4, -0.2) is 34.0 Å². The average Bonchev–Trinajstić information content (AvgIpc) is 3.43. The van der Waals surface area contributed by atoms with Crippen LogP contribution < -0.4 is 0 Å². The van der Waals surface area contributed by atoms with E-state index >= 15 is 0 Å². The third kappa shape index (κ3) is 4.54. The summed E-state index contributed by atoms with van der Waals surface area (Å²) in [5.74, 6) is -1.21. The Labute approximate surface area is 168 Å². The van der Waals surface area contributed by atoms with Crippen molar-refractivity contribution < 1.29 is 18.7 Å². The lowest BCUT2D eigenvalue weighted by molar-refractivity contribution is -0.135. The molecule has 0 spiro atoms. The third-order valence-corrected chi connectivity index (χ3v) is 4.94. The molecule has 3 aromatic rings. The van der Waals surface area contributed by atoms with E-state index in [4.69, 9.17) is 4.74 Å². The molecule has 0 N–H and O–H groups in total. The average molecular weight is 392 g/mol. The SMILES string of the molecule is O=C(OCC(=O)N(Cc1ccccc1F)C1CC1)c1ccc(-n2cccc2)cc1. The number of carbonyl (C=O) groups excluding carboxylic acids is 2. The molecule has 1 aromatic heterocycles. The van der Waals surface area contributed by atoms with E-state index in [1.165, 1.54) is 6.07 Å². The van der Waals surface area contributed by atoms with Gasteiger partial charge in [-0.3, -0.25) is 4.79 Å². The van der Waals surface area contributed by atoms with Crippen molar-refractivity contribution in [2.24, 2.45) is 0 Å². The fourth-order valence-corrected chi connectivity index (χ4v) is 3.19. The zero-order chi connectivity index (χ0) is 20.2. The summed E-state index contributed by atoms with van der Waals surface area (Å²) in [6.07, 6.45) is 5.59. The Balaban J connectivity index is 1.36. The zero-order valence-corrected chi connectivity index (χ0v) is 15.8. The van der Waals surface area contributed by atoms with Crippen LogP contribution in [0.1, 0.15) is 28.8 Å². The first-order chi connectivity index (χ1) is 14.1. The molecule has 0 aliphatic heterocycles. The summed E-state index contributed by atoms with van der Waals surface area (Å²) in [5.41, 5.74) is 1.76. The predicted octanol–water partition coefficient (Wildman–Crippen LogP) is 3.96. The van der Waals surface area contributed by atoms with E-state index in [1.54, 1.807) is 35.2 Å². The van der Waals surface area contributed by atoms with Crippen LogP contribution in [-0.2, 0) is 16.1 Å². The summed E-state index contributed by atoms with van der Waals surface area (Å²) in [5, 5.41) is 0. The van der Waals surface area contributed by atoms with Gasteiger partial charge in [0.2, 0.25) is 0 Å². The lowest BCUT2D eigenvalue weighted by atomic mass is 10.2. The van der Waals surface area contributed by atoms with Crippen LogP contribution in [0.2, 0.25) is 0 Å². The van der Waals surface area contributed by atoms with Gasteiger partial charge in [-0.25, -0.2) is 9.18 Å². The van der Waals surface area contributed by atoms with Crippen molar-refractivity contribution >= 4 is 11.9 Å². The molecule has 1 aliphatic rings. The molecule has 5 nitrogen and oxygen atoms in total. The summed E-state index contributed by atoms with van der Waals surface area (Å²) >= 11 is 0. The van der Waals surface area contributed by atoms with Crippen molar-refractivity contribution in [1.82, 2.24) is 9.47 Å². The first-order valence-corrected chi connectivity index (χ1v) is 9.55. The number of amides is 1. The van der Waals surface area contributed by atoms with Gasteiger partial charge < -0.3 is 14.2 Å². The summed E-state index contributed by atoms with van der Waals surface area (Å²) in [6, 6.07) is 17.3. The molecule has 29 heavy (non-hydrogen) atoms. The maximum Gasteiger partial charge on any atom is 0.338 e. The second kappa shape index (κ2) is 8.31. The Morgan fingerprint density at radius 1 is 1.00 bits per heavy atom. The molecular formula is C23H21FN2O3. The molecule has 148 valence electrons. The third-order valence-electron chi connectivity index (χ3n) is 4.94. The highest BCUT2D eigenvalue weighted by Crippen LogP contribution is 2.29. The van der Waals surface area contributed by atoms with Crippen molar-refractivity contribution in [2.45, 2.75) is 25.4 Å². The number of benzene rings is 2. The van der Waals surface area contributed by atoms with Gasteiger partial charge in [-0.1, -0.05) is 18.2 Å². The number of carbonyl (C=O) groups is 2. The van der Waals surface area contributed by atoms with Crippen LogP contribution in [0.5, 0.6) is 0 Å². The Morgan fingerprint density at radius 2 is 1.69 bits per heavy atom. The molecule has 0 unspecified atom stereocenters. The van der Waals surface area contributed by atoms with E-state index in [1.807, 2.05) is 41.2 Å². The van der Waals surface area contributed by atoms with E-state index in [0.717, 1.165) is 18.5 Å². The van der Waals surface area contributed by atoms with Gasteiger partial charge >= 0.3 is 5.97 Å². The monoisotopic (exact) mass is 392 g/mol. The van der Waals surface area contributed by atoms with Crippen molar-refractivity contribution in [2.75, 3.05) is 6.61 Å². The number of nitrogens with zero attached hydrogens (tertiary/aromatic N) is 2. The molecule has 2 aromatic carbocycles. The summed E-state index contributed by atoms with van der Waals surface area (Å²) in [6.45, 7) is -0.178. The van der Waals surface area contributed by atoms with Gasteiger partial charge in [-0.05, 0) is 55.3 Å². The molecule has 1 amide bonds. The largest absolute Gasteiger partial charge is 0.452 e. The quantitative estimate of drug-likeness (QED) is 0.572. The first-order valence-electron chi connectivity index (χ1n) is 9.55. The topological polar surface area (TPSA) is 51.5 Å². The lowest BCUT2D eigenvalue weighted by Gasteiger charge is -2.22. The summed E-state index contributed by atoms with van der Waals surface area (Å²) < 4.78 is 21.1. The van der Waals surface area contributed by atoms with Gasteiger partial charge in [-0.2, -0.15) is 0 Å². The molecule has 0 radical (unpaired) electrons. The number of hydrogen-bond acceptors (Lipinski definition) is 3. The highest BCUT2D eigenvalue weighted by Gasteiger charge is 2.33. The molecule has 0 saturated heterocycles. The molecule has 1 saturated carbocycles. The van der Waals surface area contributed by atoms with Gasteiger partial charge in [0.25, 0.3) is 5.91 Å². The first kappa shape index (κ1) is 18.9. The number of halogens is 1. The molecule has 6 heteroatoms. The van der Waals surface area contributed by atoms with Crippen LogP contribution in [0.4, 0.5) is 4.39 Å². The fourth-order valence-electron chi connectivity index (χ4n) is 3.19. The molecule has 1 aliphatic carbocycles. The normalized spacial score (nSPS) is 13.1. The highest BCUT2D eigenvalue weighted by molar-refractivity contribution is 5.91. The number of esters is 1. The van der Waals surface area contributed by atoms with E-state index in [9.17, 15) is 14.0 Å². The lowest BCUT2D eigenvalue weighted by Crippen LogP contribution is -2.36. The van der Waals surface area contributed by atoms with Gasteiger partial charge in [0.05, 0.1) is 5.56 Å². The van der Waals surface area contributed by atoms with Crippen LogP contribution in [0, 0.1) is 5.82 Å². The van der Waals surface area contributed by atoms with Crippen LogP contribution in [0.15, 0.2) is 73.1 Å². The molecular weight excluding hydrogens is 371 g/mol. The van der Waals surface area contributed by atoms with Crippen LogP contribution in [0.25, 0.3) is 5.69 Å². The van der Waals surface area contributed by atoms with Crippen molar-refractivity contribution in [3.63, 3.8) is 0 Å². The van der Waals surface area contributed by atoms with Crippen LogP contribution >= 0.6 is 0 Å². The van der Waals surface area contributed by atoms with Crippen molar-refractivity contribution in [3.05, 3.63) is 90.0 Å². The standard InChI is InChI=1S/C23H21FN2O3/c24-21-6-2-1-5-18(21)15-26(20-11-12-20)22(27)16-29-23(28)17-7-9-19(10-8-17)25-13-3-4-14-25/h1-10,13-14,20H,11-12,15-16H2. The van der Waals surface area contributed by atoms with E-state index in [0.29, 0.717) is 11.1 Å². The molecule has 0 bridgehead atoms. The summed E-state index contributed by atoms with van der Waals surface area (Å²) in [7, 11) is 0. The smallest absolute Gasteiger partial charge is 0.338 e. The molecule has 1 fully saturated rings. The van der Waals surface area contributed by atoms with E-state index in [2.05, 4.69) is 0 Å². The molecule has 4 rings (SSSR count). The molecule has 0 atom stereocenters. The van der Waals surface area contributed by atoms with Gasteiger partial charge in [0.1, 0.15) is 5.82 Å². The van der Waals surface area contributed by atoms with Crippen LogP contribution in [0.3, 0.4) is 0 Å². The minimum absolute atomic E-state index is 0.0849. The van der Waals surface area contributed by atoms with Gasteiger partial charge in [-0.15, -0.1) is 0 Å². The fraction of sp³-hybridized carbons (Fsp3) is 0.217. The number of aromatic nitrogens is 1. The Kier molecular flexibility index (Phi) is 5.42. The van der Waals surface area contributed by atoms with Gasteiger partial charge in [0.15, 0.2) is 6.61 Å². The maximum atomic E-state index is 13.9. The maximum absolute atomic E-state index is 13.9. The minimum atomic E-state index is -0.556. The van der Waals surface area contributed by atoms with E-state index in [-0.39, 0.29) is 30.9 Å². The Morgan fingerprint density at radius 3 is 2.34 bits per heavy atom. The highest BCUT2D eigenvalue weighted by atomic mass is 19.1. The zero-order valence-electron chi connectivity index (χ0n) is 15.8. The van der Waals surface area contributed by atoms with Gasteiger partial charge in [0, 0.05) is 36.2 Å². The number of hydrogen-bond donors (Lipinski definition) is 0.